The van der Waals surface area contributed by atoms with Crippen LogP contribution in [0.15, 0.2) is 24.3 Å². The molecule has 0 spiro atoms. The molecule has 1 aromatic carbocycles. The van der Waals surface area contributed by atoms with E-state index in [1.165, 1.54) is 5.56 Å². The Hall–Kier alpha value is -1.07. The average molecular weight is 316 g/mol. The molecule has 0 radical (unpaired) electrons. The van der Waals surface area contributed by atoms with Crippen molar-refractivity contribution in [1.82, 2.24) is 4.31 Å². The molecule has 0 bridgehead atoms. The first-order valence-electron chi connectivity index (χ1n) is 6.52. The third kappa shape index (κ3) is 2.69. The lowest BCUT2D eigenvalue weighted by Gasteiger charge is -2.47. The first kappa shape index (κ1) is 15.3. The van der Waals surface area contributed by atoms with Crippen LogP contribution < -0.4 is 0 Å². The van der Waals surface area contributed by atoms with Crippen LogP contribution in [0.5, 0.6) is 0 Å². The highest BCUT2D eigenvalue weighted by Crippen LogP contribution is 2.44. The molecule has 0 saturated carbocycles. The van der Waals surface area contributed by atoms with Crippen molar-refractivity contribution in [3.8, 4) is 0 Å². The summed E-state index contributed by atoms with van der Waals surface area (Å²) in [6.45, 7) is 6.00. The van der Waals surface area contributed by atoms with Gasteiger partial charge in [-0.15, -0.1) is 0 Å². The van der Waals surface area contributed by atoms with Crippen LogP contribution in [0.4, 0.5) is 0 Å². The van der Waals surface area contributed by atoms with E-state index >= 15 is 0 Å². The first-order valence-corrected chi connectivity index (χ1v) is 8.78. The van der Waals surface area contributed by atoms with Crippen LogP contribution in [0, 0.1) is 5.92 Å². The number of benzene rings is 1. The molecule has 1 amide bonds. The van der Waals surface area contributed by atoms with E-state index in [0.29, 0.717) is 5.92 Å². The van der Waals surface area contributed by atoms with Crippen LogP contribution in [0.1, 0.15) is 38.3 Å². The molecule has 1 aromatic rings. The largest absolute Gasteiger partial charge is 0.324 e. The summed E-state index contributed by atoms with van der Waals surface area (Å²) in [5.74, 6) is 0.0928. The van der Waals surface area contributed by atoms with Crippen molar-refractivity contribution in [3.63, 3.8) is 0 Å². The van der Waals surface area contributed by atoms with Gasteiger partial charge in [-0.2, -0.15) is 8.42 Å². The summed E-state index contributed by atoms with van der Waals surface area (Å²) < 4.78 is 23.8. The number of carbonyl (C=O) groups excluding carboxylic acids is 1. The Morgan fingerprint density at radius 1 is 1.30 bits per heavy atom. The normalized spacial score (nSPS) is 23.1. The van der Waals surface area contributed by atoms with Gasteiger partial charge in [0.1, 0.15) is 0 Å². The lowest BCUT2D eigenvalue weighted by Crippen LogP contribution is -2.60. The minimum atomic E-state index is -4.04. The zero-order valence-corrected chi connectivity index (χ0v) is 13.3. The van der Waals surface area contributed by atoms with E-state index in [-0.39, 0.29) is 6.42 Å². The van der Waals surface area contributed by atoms with Crippen molar-refractivity contribution >= 4 is 25.8 Å². The number of amides is 1. The lowest BCUT2D eigenvalue weighted by molar-refractivity contribution is -0.144. The molecule has 0 aliphatic carbocycles. The van der Waals surface area contributed by atoms with Crippen LogP contribution in [-0.4, -0.2) is 18.6 Å². The third-order valence-corrected chi connectivity index (χ3v) is 5.06. The van der Waals surface area contributed by atoms with Gasteiger partial charge in [0, 0.05) is 10.7 Å². The highest BCUT2D eigenvalue weighted by atomic mass is 35.7. The van der Waals surface area contributed by atoms with Gasteiger partial charge in [-0.05, 0) is 30.4 Å². The molecule has 110 valence electrons. The number of halogens is 1. The smallest absolute Gasteiger partial charge is 0.274 e. The number of hydrogen-bond donors (Lipinski definition) is 0. The molecule has 0 aromatic heterocycles. The predicted octanol–water partition coefficient (Wildman–Crippen LogP) is 2.82. The minimum Gasteiger partial charge on any atom is -0.274 e. The SMILES string of the molecule is CC(C)Cc1ccc(C2(C)CC(=O)N2S(=O)(=O)Cl)cc1. The number of β-lactam (4-membered cyclic amide) rings is 1. The molecule has 1 aliphatic heterocycles. The fourth-order valence-electron chi connectivity index (χ4n) is 2.67. The van der Waals surface area contributed by atoms with E-state index in [1.807, 2.05) is 24.3 Å². The summed E-state index contributed by atoms with van der Waals surface area (Å²) in [5, 5.41) is 0. The topological polar surface area (TPSA) is 54.5 Å². The van der Waals surface area contributed by atoms with Crippen molar-refractivity contribution in [2.45, 2.75) is 39.2 Å². The highest BCUT2D eigenvalue weighted by molar-refractivity contribution is 8.12. The van der Waals surface area contributed by atoms with Gasteiger partial charge in [-0.25, -0.2) is 4.31 Å². The zero-order chi connectivity index (χ0) is 15.1. The van der Waals surface area contributed by atoms with E-state index in [9.17, 15) is 13.2 Å². The minimum absolute atomic E-state index is 0.155. The average Bonchev–Trinajstić information content (AvgIpc) is 2.25. The summed E-state index contributed by atoms with van der Waals surface area (Å²) in [6.07, 6.45) is 1.12. The summed E-state index contributed by atoms with van der Waals surface area (Å²) >= 11 is 0. The van der Waals surface area contributed by atoms with Crippen LogP contribution >= 0.6 is 10.7 Å². The molecule has 1 heterocycles. The van der Waals surface area contributed by atoms with Crippen molar-refractivity contribution < 1.29 is 13.2 Å². The molecule has 1 saturated heterocycles. The Bertz CT molecular complexity index is 624. The van der Waals surface area contributed by atoms with Gasteiger partial charge in [-0.1, -0.05) is 38.1 Å². The Morgan fingerprint density at radius 3 is 2.25 bits per heavy atom. The maximum Gasteiger partial charge on any atom is 0.324 e. The van der Waals surface area contributed by atoms with Crippen molar-refractivity contribution in [2.24, 2.45) is 5.92 Å². The van der Waals surface area contributed by atoms with Gasteiger partial charge in [0.25, 0.3) is 0 Å². The predicted molar refractivity (Wildman–Crippen MR) is 78.6 cm³/mol. The van der Waals surface area contributed by atoms with Crippen LogP contribution in [0.25, 0.3) is 0 Å². The standard InChI is InChI=1S/C14H18ClNO3S/c1-10(2)8-11-4-6-12(7-5-11)14(3)9-13(17)16(14)20(15,18)19/h4-7,10H,8-9H2,1-3H3. The second-order valence-corrected chi connectivity index (χ2v) is 8.21. The van der Waals surface area contributed by atoms with Crippen molar-refractivity contribution in [1.29, 1.82) is 0 Å². The summed E-state index contributed by atoms with van der Waals surface area (Å²) in [6, 6.07) is 7.70. The molecular weight excluding hydrogens is 298 g/mol. The lowest BCUT2D eigenvalue weighted by atomic mass is 9.81. The Balaban J connectivity index is 2.29. The van der Waals surface area contributed by atoms with Gasteiger partial charge < -0.3 is 0 Å². The molecule has 2 rings (SSSR count). The molecule has 1 atom stereocenters. The van der Waals surface area contributed by atoms with Gasteiger partial charge >= 0.3 is 9.24 Å². The number of carbonyl (C=O) groups is 1. The molecule has 0 N–H and O–H groups in total. The van der Waals surface area contributed by atoms with Crippen molar-refractivity contribution in [2.75, 3.05) is 0 Å². The number of hydrogen-bond acceptors (Lipinski definition) is 3. The van der Waals surface area contributed by atoms with Crippen LogP contribution in [0.3, 0.4) is 0 Å². The maximum absolute atomic E-state index is 11.5. The second kappa shape index (κ2) is 5.04. The second-order valence-electron chi connectivity index (χ2n) is 5.85. The van der Waals surface area contributed by atoms with E-state index in [1.54, 1.807) is 6.92 Å². The number of rotatable bonds is 4. The van der Waals surface area contributed by atoms with Gasteiger partial charge in [0.2, 0.25) is 5.91 Å². The van der Waals surface area contributed by atoms with Gasteiger partial charge in [0.15, 0.2) is 0 Å². The van der Waals surface area contributed by atoms with E-state index < -0.39 is 20.7 Å². The molecule has 4 nitrogen and oxygen atoms in total. The fraction of sp³-hybridized carbons (Fsp3) is 0.500. The Kier molecular flexibility index (Phi) is 3.86. The van der Waals surface area contributed by atoms with Gasteiger partial charge in [0.05, 0.1) is 12.0 Å². The van der Waals surface area contributed by atoms with E-state index in [4.69, 9.17) is 10.7 Å². The van der Waals surface area contributed by atoms with E-state index in [2.05, 4.69) is 13.8 Å². The molecule has 1 unspecified atom stereocenters. The summed E-state index contributed by atoms with van der Waals surface area (Å²) in [7, 11) is 1.30. The fourth-order valence-corrected chi connectivity index (χ4v) is 4.32. The molecule has 1 aliphatic rings. The first-order chi connectivity index (χ1) is 9.14. The van der Waals surface area contributed by atoms with Crippen LogP contribution in [-0.2, 0) is 26.0 Å². The summed E-state index contributed by atoms with van der Waals surface area (Å²) in [5.41, 5.74) is 1.11. The van der Waals surface area contributed by atoms with Gasteiger partial charge in [-0.3, -0.25) is 4.79 Å². The summed E-state index contributed by atoms with van der Waals surface area (Å²) in [4.78, 5) is 11.5. The van der Waals surface area contributed by atoms with Crippen molar-refractivity contribution in [3.05, 3.63) is 35.4 Å². The molecular formula is C14H18ClNO3S. The molecule has 20 heavy (non-hydrogen) atoms. The molecule has 1 fully saturated rings. The highest BCUT2D eigenvalue weighted by Gasteiger charge is 2.54. The molecule has 6 heteroatoms. The Labute approximate surface area is 124 Å². The Morgan fingerprint density at radius 2 is 1.85 bits per heavy atom. The quantitative estimate of drug-likeness (QED) is 0.634. The zero-order valence-electron chi connectivity index (χ0n) is 11.8. The van der Waals surface area contributed by atoms with E-state index in [0.717, 1.165) is 16.3 Å². The third-order valence-electron chi connectivity index (χ3n) is 3.61. The van der Waals surface area contributed by atoms with Crippen LogP contribution in [0.2, 0.25) is 0 Å². The maximum atomic E-state index is 11.5. The number of nitrogens with zero attached hydrogens (tertiary/aromatic N) is 1. The monoisotopic (exact) mass is 315 g/mol.